The SMILES string of the molecule is CCCCCCCCCCCCCCCCCCCC(=O)OC[C@H](COP(=O)(O)O[C@H]1C(O)C(O)C(O)[C@@H](OP(=O)(O)O)C1O)OC(=O)CCC/C=C\C/C=C\C/C=C\C/C=C\CC[C@H](O)CC. The van der Waals surface area contributed by atoms with Crippen LogP contribution in [-0.2, 0) is 41.8 Å². The third kappa shape index (κ3) is 33.5. The molecule has 0 radical (unpaired) electrons. The first-order valence-corrected chi connectivity index (χ1v) is 28.3. The Kier molecular flexibility index (Phi) is 37.2. The fourth-order valence-corrected chi connectivity index (χ4v) is 9.01. The molecule has 396 valence electrons. The standard InChI is InChI=1S/C49H88O17P2/c1-3-5-6-7-8-9-10-11-12-13-14-18-21-24-27-30-33-36-42(51)62-38-41(39-63-68(60,61)66-49-46(55)44(53)45(54)48(47(49)56)65-67(57,58)59)64-43(52)37-34-31-28-25-22-19-16-15-17-20-23-26-29-32-35-40(50)4-2/h16-17,19-20,25-26,28-29,40-41,44-50,53-56H,3-15,18,21-24,27,30-39H2,1-2H3,(H,60,61)(H2,57,58,59)/b19-16-,20-17-,28-25-,29-26-/t40-,41-,44?,45?,46?,47?,48-,49+/m1/s1. The van der Waals surface area contributed by atoms with E-state index in [0.717, 1.165) is 57.8 Å². The number of hydrogen-bond donors (Lipinski definition) is 8. The van der Waals surface area contributed by atoms with E-state index in [-0.39, 0.29) is 18.9 Å². The van der Waals surface area contributed by atoms with Crippen molar-refractivity contribution in [2.24, 2.45) is 0 Å². The van der Waals surface area contributed by atoms with Crippen LogP contribution in [0.4, 0.5) is 0 Å². The molecule has 1 aliphatic carbocycles. The molecule has 0 bridgehead atoms. The van der Waals surface area contributed by atoms with Crippen LogP contribution in [0, 0.1) is 0 Å². The monoisotopic (exact) mass is 1010 g/mol. The van der Waals surface area contributed by atoms with Crippen molar-refractivity contribution in [1.82, 2.24) is 0 Å². The first-order chi connectivity index (χ1) is 32.5. The van der Waals surface area contributed by atoms with Gasteiger partial charge in [0.1, 0.15) is 43.2 Å². The summed E-state index contributed by atoms with van der Waals surface area (Å²) in [6.45, 7) is 2.81. The highest BCUT2D eigenvalue weighted by atomic mass is 31.2. The first-order valence-electron chi connectivity index (χ1n) is 25.3. The average Bonchev–Trinajstić information content (AvgIpc) is 3.29. The van der Waals surface area contributed by atoms with Crippen molar-refractivity contribution < 1.29 is 82.0 Å². The Morgan fingerprint density at radius 2 is 0.971 bits per heavy atom. The Balaban J connectivity index is 2.60. The van der Waals surface area contributed by atoms with Crippen LogP contribution in [0.3, 0.4) is 0 Å². The lowest BCUT2D eigenvalue weighted by atomic mass is 9.85. The average molecular weight is 1010 g/mol. The van der Waals surface area contributed by atoms with E-state index in [1.807, 2.05) is 25.2 Å². The highest BCUT2D eigenvalue weighted by molar-refractivity contribution is 7.47. The zero-order valence-corrected chi connectivity index (χ0v) is 42.7. The Hall–Kier alpha value is -2.08. The summed E-state index contributed by atoms with van der Waals surface area (Å²) in [6, 6.07) is 0. The summed E-state index contributed by atoms with van der Waals surface area (Å²) in [4.78, 5) is 54.3. The molecular weight excluding hydrogens is 922 g/mol. The molecule has 1 aliphatic rings. The van der Waals surface area contributed by atoms with Crippen LogP contribution in [0.5, 0.6) is 0 Å². The number of aliphatic hydroxyl groups is 5. The van der Waals surface area contributed by atoms with Crippen LogP contribution < -0.4 is 0 Å². The fourth-order valence-electron chi connectivity index (χ4n) is 7.47. The number of hydrogen-bond acceptors (Lipinski definition) is 14. The molecule has 1 saturated carbocycles. The smallest absolute Gasteiger partial charge is 0.462 e. The third-order valence-electron chi connectivity index (χ3n) is 11.6. The number of phosphoric ester groups is 2. The molecular formula is C49H88O17P2. The lowest BCUT2D eigenvalue weighted by Gasteiger charge is -2.43. The Morgan fingerprint density at radius 1 is 0.529 bits per heavy atom. The fraction of sp³-hybridized carbons (Fsp3) is 0.796. The molecule has 0 aromatic carbocycles. The zero-order valence-electron chi connectivity index (χ0n) is 40.9. The lowest BCUT2D eigenvalue weighted by Crippen LogP contribution is -2.64. The minimum Gasteiger partial charge on any atom is -0.462 e. The van der Waals surface area contributed by atoms with Gasteiger partial charge in [-0.15, -0.1) is 0 Å². The van der Waals surface area contributed by atoms with Gasteiger partial charge in [0.25, 0.3) is 0 Å². The van der Waals surface area contributed by atoms with Gasteiger partial charge in [-0.05, 0) is 57.8 Å². The molecule has 9 atom stereocenters. The number of aliphatic hydroxyl groups excluding tert-OH is 5. The summed E-state index contributed by atoms with van der Waals surface area (Å²) in [6.07, 6.45) is 27.2. The summed E-state index contributed by atoms with van der Waals surface area (Å²) in [5.74, 6) is -1.28. The minimum atomic E-state index is -5.38. The lowest BCUT2D eigenvalue weighted by molar-refractivity contribution is -0.216. The predicted molar refractivity (Wildman–Crippen MR) is 261 cm³/mol. The van der Waals surface area contributed by atoms with E-state index in [4.69, 9.17) is 18.5 Å². The molecule has 0 aliphatic heterocycles. The van der Waals surface area contributed by atoms with Gasteiger partial charge in [0.05, 0.1) is 12.7 Å². The second-order valence-corrected chi connectivity index (χ2v) is 20.3. The third-order valence-corrected chi connectivity index (χ3v) is 13.1. The van der Waals surface area contributed by atoms with Gasteiger partial charge in [0.2, 0.25) is 0 Å². The van der Waals surface area contributed by atoms with Crippen molar-refractivity contribution >= 4 is 27.6 Å². The number of allylic oxidation sites excluding steroid dienone is 8. The van der Waals surface area contributed by atoms with Gasteiger partial charge in [0, 0.05) is 12.8 Å². The normalized spacial score (nSPS) is 22.1. The van der Waals surface area contributed by atoms with Gasteiger partial charge in [-0.3, -0.25) is 23.2 Å². The van der Waals surface area contributed by atoms with Gasteiger partial charge in [-0.2, -0.15) is 0 Å². The van der Waals surface area contributed by atoms with E-state index in [9.17, 15) is 58.9 Å². The second-order valence-electron chi connectivity index (χ2n) is 17.7. The Labute approximate surface area is 406 Å². The van der Waals surface area contributed by atoms with Crippen LogP contribution in [0.1, 0.15) is 187 Å². The van der Waals surface area contributed by atoms with Crippen LogP contribution in [0.15, 0.2) is 48.6 Å². The molecule has 0 saturated heterocycles. The second kappa shape index (κ2) is 39.5. The van der Waals surface area contributed by atoms with E-state index in [1.54, 1.807) is 0 Å². The number of rotatable bonds is 42. The van der Waals surface area contributed by atoms with Crippen molar-refractivity contribution in [3.8, 4) is 0 Å². The topological polar surface area (TPSA) is 276 Å². The number of unbranched alkanes of at least 4 members (excludes halogenated alkanes) is 17. The van der Waals surface area contributed by atoms with E-state index >= 15 is 0 Å². The van der Waals surface area contributed by atoms with Gasteiger partial charge in [-0.1, -0.05) is 165 Å². The van der Waals surface area contributed by atoms with Crippen molar-refractivity contribution in [2.75, 3.05) is 13.2 Å². The van der Waals surface area contributed by atoms with E-state index < -0.39 is 83.5 Å². The molecule has 0 amide bonds. The summed E-state index contributed by atoms with van der Waals surface area (Å²) >= 11 is 0. The number of esters is 2. The highest BCUT2D eigenvalue weighted by Crippen LogP contribution is 2.49. The number of phosphoric acid groups is 2. The first kappa shape index (κ1) is 63.9. The van der Waals surface area contributed by atoms with Crippen molar-refractivity contribution in [2.45, 2.75) is 236 Å². The Morgan fingerprint density at radius 3 is 1.46 bits per heavy atom. The van der Waals surface area contributed by atoms with Crippen LogP contribution >= 0.6 is 15.6 Å². The van der Waals surface area contributed by atoms with E-state index in [1.165, 1.54) is 77.0 Å². The van der Waals surface area contributed by atoms with E-state index in [2.05, 4.69) is 41.8 Å². The maximum absolute atomic E-state index is 13.0. The van der Waals surface area contributed by atoms with Crippen molar-refractivity contribution in [3.63, 3.8) is 0 Å². The summed E-state index contributed by atoms with van der Waals surface area (Å²) in [7, 11) is -10.7. The molecule has 17 nitrogen and oxygen atoms in total. The molecule has 0 spiro atoms. The number of carbonyl (C=O) groups excluding carboxylic acids is 2. The van der Waals surface area contributed by atoms with Gasteiger partial charge < -0.3 is 49.7 Å². The number of carbonyl (C=O) groups is 2. The number of ether oxygens (including phenoxy) is 2. The van der Waals surface area contributed by atoms with Crippen LogP contribution in [0.2, 0.25) is 0 Å². The molecule has 0 aromatic heterocycles. The molecule has 19 heteroatoms. The predicted octanol–water partition coefficient (Wildman–Crippen LogP) is 9.04. The molecule has 1 rings (SSSR count). The molecule has 0 aromatic rings. The van der Waals surface area contributed by atoms with E-state index in [0.29, 0.717) is 25.7 Å². The zero-order chi connectivity index (χ0) is 50.5. The highest BCUT2D eigenvalue weighted by Gasteiger charge is 2.54. The van der Waals surface area contributed by atoms with Gasteiger partial charge >= 0.3 is 27.6 Å². The minimum absolute atomic E-state index is 0.0444. The van der Waals surface area contributed by atoms with Gasteiger partial charge in [0.15, 0.2) is 6.10 Å². The van der Waals surface area contributed by atoms with Crippen LogP contribution in [-0.4, -0.2) is 114 Å². The molecule has 0 heterocycles. The van der Waals surface area contributed by atoms with Gasteiger partial charge in [-0.25, -0.2) is 9.13 Å². The maximum atomic E-state index is 13.0. The quantitative estimate of drug-likeness (QED) is 0.0123. The van der Waals surface area contributed by atoms with Crippen molar-refractivity contribution in [3.05, 3.63) is 48.6 Å². The summed E-state index contributed by atoms with van der Waals surface area (Å²) < 4.78 is 49.4. The largest absolute Gasteiger partial charge is 0.472 e. The molecule has 1 fully saturated rings. The molecule has 5 unspecified atom stereocenters. The summed E-state index contributed by atoms with van der Waals surface area (Å²) in [5.41, 5.74) is 0. The van der Waals surface area contributed by atoms with Crippen LogP contribution in [0.25, 0.3) is 0 Å². The Bertz CT molecular complexity index is 1520. The van der Waals surface area contributed by atoms with Crippen molar-refractivity contribution in [1.29, 1.82) is 0 Å². The maximum Gasteiger partial charge on any atom is 0.472 e. The molecule has 8 N–H and O–H groups in total. The summed E-state index contributed by atoms with van der Waals surface area (Å²) in [5, 5.41) is 50.9. The molecule has 68 heavy (non-hydrogen) atoms.